The first-order chi connectivity index (χ1) is 8.56. The van der Waals surface area contributed by atoms with Gasteiger partial charge in [0.2, 0.25) is 0 Å². The zero-order valence-electron chi connectivity index (χ0n) is 11.6. The van der Waals surface area contributed by atoms with Gasteiger partial charge in [0.1, 0.15) is 4.32 Å². The Morgan fingerprint density at radius 1 is 1.17 bits per heavy atom. The maximum atomic E-state index is 4.87. The highest BCUT2D eigenvalue weighted by molar-refractivity contribution is 8.11. The SMILES string of the molecule is CCN(CC)CC.CN(C(=S)S)c1ccncc1. The van der Waals surface area contributed by atoms with Crippen molar-refractivity contribution >= 4 is 34.9 Å². The summed E-state index contributed by atoms with van der Waals surface area (Å²) in [5.41, 5.74) is 1.00. The third kappa shape index (κ3) is 6.93. The van der Waals surface area contributed by atoms with Crippen LogP contribution in [0.1, 0.15) is 20.8 Å². The van der Waals surface area contributed by atoms with Gasteiger partial charge in [0.05, 0.1) is 0 Å². The minimum atomic E-state index is 0.552. The van der Waals surface area contributed by atoms with E-state index in [-0.39, 0.29) is 0 Å². The maximum Gasteiger partial charge on any atom is 0.137 e. The summed E-state index contributed by atoms with van der Waals surface area (Å²) in [6, 6.07) is 3.76. The molecule has 0 saturated heterocycles. The summed E-state index contributed by atoms with van der Waals surface area (Å²) in [5, 5.41) is 0. The van der Waals surface area contributed by atoms with Crippen molar-refractivity contribution in [3.8, 4) is 0 Å². The molecule has 1 rings (SSSR count). The smallest absolute Gasteiger partial charge is 0.137 e. The highest BCUT2D eigenvalue weighted by Crippen LogP contribution is 2.11. The molecule has 0 aliphatic heterocycles. The fourth-order valence-corrected chi connectivity index (χ4v) is 1.57. The van der Waals surface area contributed by atoms with Crippen LogP contribution in [-0.2, 0) is 0 Å². The van der Waals surface area contributed by atoms with Gasteiger partial charge in [0.15, 0.2) is 0 Å². The topological polar surface area (TPSA) is 19.4 Å². The summed E-state index contributed by atoms with van der Waals surface area (Å²) in [6.07, 6.45) is 3.44. The standard InChI is InChI=1S/C7H8N2S2.C6H15N/c1-9(7(10)11)6-2-4-8-5-3-6;1-4-7(5-2)6-3/h2-5H,1H3,(H,10,11);4-6H2,1-3H3. The third-order valence-corrected chi connectivity index (χ3v) is 3.25. The van der Waals surface area contributed by atoms with E-state index in [0.717, 1.165) is 5.69 Å². The van der Waals surface area contributed by atoms with Crippen LogP contribution in [0.2, 0.25) is 0 Å². The summed E-state index contributed by atoms with van der Waals surface area (Å²) in [5.74, 6) is 0. The summed E-state index contributed by atoms with van der Waals surface area (Å²) >= 11 is 8.91. The lowest BCUT2D eigenvalue weighted by Gasteiger charge is -2.15. The number of anilines is 1. The molecule has 102 valence electrons. The highest BCUT2D eigenvalue weighted by Gasteiger charge is 2.00. The molecule has 0 bridgehead atoms. The molecular formula is C13H23N3S2. The molecule has 0 spiro atoms. The number of hydrogen-bond donors (Lipinski definition) is 1. The zero-order chi connectivity index (χ0) is 14.0. The molecule has 3 nitrogen and oxygen atoms in total. The van der Waals surface area contributed by atoms with Crippen LogP contribution in [0, 0.1) is 0 Å². The van der Waals surface area contributed by atoms with Gasteiger partial charge in [-0.25, -0.2) is 0 Å². The molecule has 5 heteroatoms. The number of thiol groups is 1. The first kappa shape index (κ1) is 17.4. The molecular weight excluding hydrogens is 262 g/mol. The summed E-state index contributed by atoms with van der Waals surface area (Å²) in [4.78, 5) is 8.07. The molecule has 1 aromatic rings. The average molecular weight is 285 g/mol. The van der Waals surface area contributed by atoms with Crippen LogP contribution in [0.25, 0.3) is 0 Å². The van der Waals surface area contributed by atoms with Crippen LogP contribution in [0.5, 0.6) is 0 Å². The van der Waals surface area contributed by atoms with E-state index >= 15 is 0 Å². The van der Waals surface area contributed by atoms with Gasteiger partial charge in [-0.1, -0.05) is 33.0 Å². The molecule has 18 heavy (non-hydrogen) atoms. The van der Waals surface area contributed by atoms with E-state index in [2.05, 4.69) is 43.3 Å². The van der Waals surface area contributed by atoms with Gasteiger partial charge in [-0.3, -0.25) is 4.98 Å². The molecule has 0 fully saturated rings. The minimum Gasteiger partial charge on any atom is -0.330 e. The molecule has 0 N–H and O–H groups in total. The number of pyridine rings is 1. The Labute approximate surface area is 122 Å². The van der Waals surface area contributed by atoms with Gasteiger partial charge < -0.3 is 9.80 Å². The summed E-state index contributed by atoms with van der Waals surface area (Å²) < 4.78 is 0.552. The van der Waals surface area contributed by atoms with E-state index in [0.29, 0.717) is 4.32 Å². The molecule has 0 amide bonds. The number of aromatic nitrogens is 1. The minimum absolute atomic E-state index is 0.552. The Morgan fingerprint density at radius 2 is 1.61 bits per heavy atom. The molecule has 1 heterocycles. The van der Waals surface area contributed by atoms with E-state index in [1.807, 2.05) is 19.2 Å². The van der Waals surface area contributed by atoms with E-state index < -0.39 is 0 Å². The van der Waals surface area contributed by atoms with Crippen LogP contribution < -0.4 is 4.90 Å². The molecule has 1 aromatic heterocycles. The third-order valence-electron chi connectivity index (χ3n) is 2.68. The quantitative estimate of drug-likeness (QED) is 0.677. The lowest BCUT2D eigenvalue weighted by Crippen LogP contribution is -2.21. The Morgan fingerprint density at radius 3 is 1.89 bits per heavy atom. The van der Waals surface area contributed by atoms with Crippen molar-refractivity contribution in [1.82, 2.24) is 9.88 Å². The molecule has 0 saturated carbocycles. The number of rotatable bonds is 4. The number of hydrogen-bond acceptors (Lipinski definition) is 3. The molecule has 0 aromatic carbocycles. The second-order valence-corrected chi connectivity index (χ2v) is 4.78. The van der Waals surface area contributed by atoms with Crippen LogP contribution >= 0.6 is 24.8 Å². The lowest BCUT2D eigenvalue weighted by molar-refractivity contribution is 0.321. The van der Waals surface area contributed by atoms with Crippen molar-refractivity contribution in [1.29, 1.82) is 0 Å². The van der Waals surface area contributed by atoms with Crippen molar-refractivity contribution in [3.05, 3.63) is 24.5 Å². The van der Waals surface area contributed by atoms with Crippen LogP contribution in [0.15, 0.2) is 24.5 Å². The van der Waals surface area contributed by atoms with Crippen LogP contribution in [-0.4, -0.2) is 40.9 Å². The van der Waals surface area contributed by atoms with Gasteiger partial charge in [0, 0.05) is 25.1 Å². The first-order valence-electron chi connectivity index (χ1n) is 6.15. The fraction of sp³-hybridized carbons (Fsp3) is 0.538. The van der Waals surface area contributed by atoms with Gasteiger partial charge in [-0.05, 0) is 31.8 Å². The molecule has 0 atom stereocenters. The average Bonchev–Trinajstić information content (AvgIpc) is 2.41. The second-order valence-electron chi connectivity index (χ2n) is 3.67. The normalized spacial score (nSPS) is 9.67. The van der Waals surface area contributed by atoms with Gasteiger partial charge in [-0.15, -0.1) is 12.6 Å². The molecule has 0 radical (unpaired) electrons. The monoisotopic (exact) mass is 285 g/mol. The molecule has 0 aliphatic carbocycles. The van der Waals surface area contributed by atoms with Gasteiger partial charge in [0.25, 0.3) is 0 Å². The van der Waals surface area contributed by atoms with E-state index in [1.54, 1.807) is 17.3 Å². The largest absolute Gasteiger partial charge is 0.330 e. The molecule has 0 unspecified atom stereocenters. The fourth-order valence-electron chi connectivity index (χ4n) is 1.35. The zero-order valence-corrected chi connectivity index (χ0v) is 13.3. The Kier molecular flexibility index (Phi) is 9.92. The lowest BCUT2D eigenvalue weighted by atomic mass is 10.4. The van der Waals surface area contributed by atoms with Crippen molar-refractivity contribution < 1.29 is 0 Å². The predicted octanol–water partition coefficient (Wildman–Crippen LogP) is 3.08. The van der Waals surface area contributed by atoms with E-state index in [4.69, 9.17) is 12.2 Å². The van der Waals surface area contributed by atoms with Crippen LogP contribution in [0.3, 0.4) is 0 Å². The summed E-state index contributed by atoms with van der Waals surface area (Å²) in [6.45, 7) is 10.1. The van der Waals surface area contributed by atoms with Crippen molar-refractivity contribution in [2.45, 2.75) is 20.8 Å². The number of nitrogens with zero attached hydrogens (tertiary/aromatic N) is 3. The van der Waals surface area contributed by atoms with Gasteiger partial charge >= 0.3 is 0 Å². The molecule has 0 aliphatic rings. The van der Waals surface area contributed by atoms with E-state index in [9.17, 15) is 0 Å². The van der Waals surface area contributed by atoms with E-state index in [1.165, 1.54) is 19.6 Å². The van der Waals surface area contributed by atoms with Crippen molar-refractivity contribution in [3.63, 3.8) is 0 Å². The number of thiocarbonyl (C=S) groups is 1. The Bertz CT molecular complexity index is 321. The Balaban J connectivity index is 0.000000360. The maximum absolute atomic E-state index is 4.87. The predicted molar refractivity (Wildman–Crippen MR) is 87.7 cm³/mol. The Hall–Kier alpha value is -0.650. The van der Waals surface area contributed by atoms with Crippen LogP contribution in [0.4, 0.5) is 5.69 Å². The first-order valence-corrected chi connectivity index (χ1v) is 7.01. The summed E-state index contributed by atoms with van der Waals surface area (Å²) in [7, 11) is 1.87. The van der Waals surface area contributed by atoms with Crippen molar-refractivity contribution in [2.24, 2.45) is 0 Å². The van der Waals surface area contributed by atoms with Gasteiger partial charge in [-0.2, -0.15) is 0 Å². The second kappa shape index (κ2) is 10.3. The van der Waals surface area contributed by atoms with Crippen molar-refractivity contribution in [2.75, 3.05) is 31.6 Å². The highest BCUT2D eigenvalue weighted by atomic mass is 32.1.